The highest BCUT2D eigenvalue weighted by Gasteiger charge is 2.39. The van der Waals surface area contributed by atoms with Gasteiger partial charge in [0.15, 0.2) is 0 Å². The Morgan fingerprint density at radius 3 is 2.50 bits per heavy atom. The number of nitrogens with one attached hydrogen (secondary N) is 1. The molecule has 3 amide bonds. The summed E-state index contributed by atoms with van der Waals surface area (Å²) in [5.74, 6) is -2.91. The monoisotopic (exact) mass is 408 g/mol. The second-order valence-electron chi connectivity index (χ2n) is 4.89. The Bertz CT molecular complexity index is 842. The molecular formula is C16H10BrFN2O3S. The van der Waals surface area contributed by atoms with Gasteiger partial charge in [-0.05, 0) is 36.4 Å². The molecule has 0 aliphatic carbocycles. The second-order valence-corrected chi connectivity index (χ2v) is 6.85. The van der Waals surface area contributed by atoms with Gasteiger partial charge in [-0.3, -0.25) is 19.8 Å². The maximum atomic E-state index is 13.7. The van der Waals surface area contributed by atoms with Crippen molar-refractivity contribution in [1.29, 1.82) is 0 Å². The zero-order valence-electron chi connectivity index (χ0n) is 12.1. The minimum Gasteiger partial charge on any atom is -0.272 e. The lowest BCUT2D eigenvalue weighted by atomic mass is 10.1. The molecule has 3 rings (SSSR count). The molecule has 0 spiro atoms. The van der Waals surface area contributed by atoms with E-state index >= 15 is 0 Å². The van der Waals surface area contributed by atoms with Crippen LogP contribution >= 0.6 is 27.7 Å². The van der Waals surface area contributed by atoms with Gasteiger partial charge in [0, 0.05) is 9.37 Å². The predicted molar refractivity (Wildman–Crippen MR) is 89.9 cm³/mol. The first-order valence-corrected chi connectivity index (χ1v) is 8.60. The van der Waals surface area contributed by atoms with E-state index in [-0.39, 0.29) is 16.9 Å². The van der Waals surface area contributed by atoms with Crippen molar-refractivity contribution in [2.45, 2.75) is 4.90 Å². The normalized spacial score (nSPS) is 13.2. The number of nitrogens with zero attached hydrogens (tertiary/aromatic N) is 1. The van der Waals surface area contributed by atoms with E-state index in [4.69, 9.17) is 0 Å². The van der Waals surface area contributed by atoms with Crippen LogP contribution in [-0.4, -0.2) is 28.5 Å². The van der Waals surface area contributed by atoms with E-state index < -0.39 is 23.5 Å². The Labute approximate surface area is 149 Å². The molecule has 24 heavy (non-hydrogen) atoms. The standard InChI is InChI=1S/C16H10BrFN2O3S/c17-9-4-6-10(7-5-9)24-8-13(21)19-20-15(22)11-2-1-3-12(18)14(11)16(20)23/h1-7H,8H2,(H,19,21). The number of benzene rings is 2. The molecule has 0 atom stereocenters. The number of amides is 3. The fraction of sp³-hybridized carbons (Fsp3) is 0.0625. The summed E-state index contributed by atoms with van der Waals surface area (Å²) in [5, 5.41) is 0.554. The number of rotatable bonds is 4. The van der Waals surface area contributed by atoms with Crippen molar-refractivity contribution >= 4 is 45.4 Å². The highest BCUT2D eigenvalue weighted by molar-refractivity contribution is 9.10. The number of hydrazine groups is 1. The van der Waals surface area contributed by atoms with Gasteiger partial charge in [0.2, 0.25) is 5.91 Å². The first kappa shape index (κ1) is 16.7. The van der Waals surface area contributed by atoms with E-state index in [0.29, 0.717) is 5.01 Å². The summed E-state index contributed by atoms with van der Waals surface area (Å²) in [4.78, 5) is 37.1. The van der Waals surface area contributed by atoms with Gasteiger partial charge in [0.05, 0.1) is 16.9 Å². The largest absolute Gasteiger partial charge is 0.283 e. The van der Waals surface area contributed by atoms with Gasteiger partial charge in [-0.1, -0.05) is 22.0 Å². The van der Waals surface area contributed by atoms with Gasteiger partial charge >= 0.3 is 0 Å². The molecule has 0 fully saturated rings. The number of hydrogen-bond acceptors (Lipinski definition) is 4. The summed E-state index contributed by atoms with van der Waals surface area (Å²) in [6.07, 6.45) is 0. The zero-order chi connectivity index (χ0) is 17.3. The van der Waals surface area contributed by atoms with Crippen molar-refractivity contribution in [2.75, 3.05) is 5.75 Å². The maximum absolute atomic E-state index is 13.7. The Hall–Kier alpha value is -2.19. The second kappa shape index (κ2) is 6.74. The van der Waals surface area contributed by atoms with E-state index in [2.05, 4.69) is 21.4 Å². The van der Waals surface area contributed by atoms with Crippen molar-refractivity contribution in [1.82, 2.24) is 10.4 Å². The molecule has 8 heteroatoms. The first-order chi connectivity index (χ1) is 11.5. The minimum absolute atomic E-state index is 0.0114. The van der Waals surface area contributed by atoms with Crippen LogP contribution in [0.2, 0.25) is 0 Å². The van der Waals surface area contributed by atoms with E-state index in [0.717, 1.165) is 15.4 Å². The molecular weight excluding hydrogens is 399 g/mol. The molecule has 0 radical (unpaired) electrons. The fourth-order valence-corrected chi connectivity index (χ4v) is 3.14. The predicted octanol–water partition coefficient (Wildman–Crippen LogP) is 3.01. The number of hydrogen-bond donors (Lipinski definition) is 1. The maximum Gasteiger partial charge on any atom is 0.283 e. The van der Waals surface area contributed by atoms with Crippen LogP contribution in [0.5, 0.6) is 0 Å². The molecule has 0 saturated heterocycles. The third-order valence-corrected chi connectivity index (χ3v) is 4.82. The first-order valence-electron chi connectivity index (χ1n) is 6.82. The Morgan fingerprint density at radius 1 is 1.12 bits per heavy atom. The third-order valence-electron chi connectivity index (χ3n) is 3.28. The molecule has 1 heterocycles. The average Bonchev–Trinajstić information content (AvgIpc) is 2.80. The molecule has 1 aliphatic heterocycles. The number of carbonyl (C=O) groups is 3. The molecule has 2 aromatic rings. The smallest absolute Gasteiger partial charge is 0.272 e. The van der Waals surface area contributed by atoms with Crippen LogP contribution < -0.4 is 5.43 Å². The quantitative estimate of drug-likeness (QED) is 0.623. The molecule has 0 bridgehead atoms. The number of fused-ring (bicyclic) bond motifs is 1. The van der Waals surface area contributed by atoms with E-state index in [1.165, 1.54) is 23.9 Å². The zero-order valence-corrected chi connectivity index (χ0v) is 14.5. The van der Waals surface area contributed by atoms with Crippen molar-refractivity contribution in [3.63, 3.8) is 0 Å². The van der Waals surface area contributed by atoms with Crippen molar-refractivity contribution in [2.24, 2.45) is 0 Å². The lowest BCUT2D eigenvalue weighted by Crippen LogP contribution is -2.46. The number of imide groups is 1. The Kier molecular flexibility index (Phi) is 4.68. The summed E-state index contributed by atoms with van der Waals surface area (Å²) >= 11 is 4.57. The van der Waals surface area contributed by atoms with Crippen molar-refractivity contribution in [3.8, 4) is 0 Å². The summed E-state index contributed by atoms with van der Waals surface area (Å²) in [6, 6.07) is 11.1. The summed E-state index contributed by atoms with van der Waals surface area (Å²) in [6.45, 7) is 0. The van der Waals surface area contributed by atoms with Crippen LogP contribution in [-0.2, 0) is 4.79 Å². The lowest BCUT2D eigenvalue weighted by molar-refractivity contribution is -0.121. The van der Waals surface area contributed by atoms with Crippen molar-refractivity contribution < 1.29 is 18.8 Å². The topological polar surface area (TPSA) is 66.5 Å². The lowest BCUT2D eigenvalue weighted by Gasteiger charge is -2.14. The van der Waals surface area contributed by atoms with E-state index in [9.17, 15) is 18.8 Å². The summed E-state index contributed by atoms with van der Waals surface area (Å²) in [7, 11) is 0. The van der Waals surface area contributed by atoms with E-state index in [1.807, 2.05) is 24.3 Å². The number of carbonyl (C=O) groups excluding carboxylic acids is 3. The Balaban J connectivity index is 1.65. The van der Waals surface area contributed by atoms with Crippen molar-refractivity contribution in [3.05, 3.63) is 63.9 Å². The average molecular weight is 409 g/mol. The SMILES string of the molecule is O=C(CSc1ccc(Br)cc1)NN1C(=O)c2cccc(F)c2C1=O. The van der Waals surface area contributed by atoms with Gasteiger partial charge in [-0.2, -0.15) is 5.01 Å². The molecule has 1 aliphatic rings. The van der Waals surface area contributed by atoms with Gasteiger partial charge in [0.25, 0.3) is 11.8 Å². The fourth-order valence-electron chi connectivity index (χ4n) is 2.18. The molecule has 2 aromatic carbocycles. The van der Waals surface area contributed by atoms with Crippen LogP contribution in [0.25, 0.3) is 0 Å². The summed E-state index contributed by atoms with van der Waals surface area (Å²) in [5.41, 5.74) is 1.86. The third kappa shape index (κ3) is 3.20. The molecule has 1 N–H and O–H groups in total. The van der Waals surface area contributed by atoms with Gasteiger partial charge in [0.1, 0.15) is 5.82 Å². The molecule has 0 saturated carbocycles. The Morgan fingerprint density at radius 2 is 1.83 bits per heavy atom. The highest BCUT2D eigenvalue weighted by Crippen LogP contribution is 2.24. The highest BCUT2D eigenvalue weighted by atomic mass is 79.9. The minimum atomic E-state index is -0.866. The van der Waals surface area contributed by atoms with E-state index in [1.54, 1.807) is 0 Å². The molecule has 0 aromatic heterocycles. The molecule has 5 nitrogen and oxygen atoms in total. The van der Waals surface area contributed by atoms with Gasteiger partial charge in [-0.15, -0.1) is 11.8 Å². The van der Waals surface area contributed by atoms with Crippen LogP contribution in [0, 0.1) is 5.82 Å². The number of thioether (sulfide) groups is 1. The van der Waals surface area contributed by atoms with Crippen LogP contribution in [0.1, 0.15) is 20.7 Å². The van der Waals surface area contributed by atoms with Crippen LogP contribution in [0.3, 0.4) is 0 Å². The van der Waals surface area contributed by atoms with Gasteiger partial charge in [-0.25, -0.2) is 4.39 Å². The molecule has 122 valence electrons. The van der Waals surface area contributed by atoms with Gasteiger partial charge < -0.3 is 0 Å². The summed E-state index contributed by atoms with van der Waals surface area (Å²) < 4.78 is 14.6. The number of halogens is 2. The van der Waals surface area contributed by atoms with Crippen LogP contribution in [0.4, 0.5) is 4.39 Å². The van der Waals surface area contributed by atoms with Crippen LogP contribution in [0.15, 0.2) is 51.8 Å². The molecule has 0 unspecified atom stereocenters.